The van der Waals surface area contributed by atoms with Gasteiger partial charge in [0, 0.05) is 26.0 Å². The molecule has 0 saturated heterocycles. The molecular weight excluding hydrogens is 634 g/mol. The lowest BCUT2D eigenvalue weighted by Gasteiger charge is -2.22. The van der Waals surface area contributed by atoms with Crippen LogP contribution in [-0.2, 0) is 19.1 Å². The van der Waals surface area contributed by atoms with Crippen LogP contribution in [0.2, 0.25) is 0 Å². The maximum Gasteiger partial charge on any atom is 0.306 e. The zero-order valence-corrected chi connectivity index (χ0v) is 34.7. The summed E-state index contributed by atoms with van der Waals surface area (Å²) < 4.78 is 11.4. The molecule has 51 heavy (non-hydrogen) atoms. The zero-order valence-electron chi connectivity index (χ0n) is 34.7. The number of aliphatic hydroxyl groups is 1. The number of ether oxygens (including phenoxy) is 2. The van der Waals surface area contributed by atoms with Crippen molar-refractivity contribution in [1.82, 2.24) is 4.90 Å². The van der Waals surface area contributed by atoms with E-state index in [4.69, 9.17) is 9.47 Å². The molecule has 0 saturated carbocycles. The summed E-state index contributed by atoms with van der Waals surface area (Å²) in [7, 11) is 0. The van der Waals surface area contributed by atoms with Crippen molar-refractivity contribution in [2.45, 2.75) is 245 Å². The molecule has 0 amide bonds. The molecule has 0 heterocycles. The first kappa shape index (κ1) is 49.9. The second-order valence-electron chi connectivity index (χ2n) is 15.5. The molecule has 0 bridgehead atoms. The number of esters is 2. The Bertz CT molecular complexity index is 701. The predicted molar refractivity (Wildman–Crippen MR) is 218 cm³/mol. The first-order chi connectivity index (χ1) is 25.1. The molecular formula is C45H89NO5. The Morgan fingerprint density at radius 3 is 1.29 bits per heavy atom. The average Bonchev–Trinajstić information content (AvgIpc) is 3.13. The van der Waals surface area contributed by atoms with Gasteiger partial charge in [-0.25, -0.2) is 0 Å². The molecule has 304 valence electrons. The predicted octanol–water partition coefficient (Wildman–Crippen LogP) is 13.1. The summed E-state index contributed by atoms with van der Waals surface area (Å²) in [6, 6.07) is 0. The molecule has 0 rings (SSSR count). The molecule has 6 nitrogen and oxygen atoms in total. The van der Waals surface area contributed by atoms with Gasteiger partial charge in [-0.1, -0.05) is 162 Å². The number of carbonyl (C=O) groups excluding carboxylic acids is 2. The van der Waals surface area contributed by atoms with E-state index in [0.717, 1.165) is 71.0 Å². The topological polar surface area (TPSA) is 76.1 Å². The largest absolute Gasteiger partial charge is 0.466 e. The van der Waals surface area contributed by atoms with Crippen molar-refractivity contribution in [3.05, 3.63) is 0 Å². The molecule has 0 fully saturated rings. The van der Waals surface area contributed by atoms with Gasteiger partial charge in [-0.3, -0.25) is 9.59 Å². The zero-order chi connectivity index (χ0) is 37.3. The van der Waals surface area contributed by atoms with E-state index < -0.39 is 0 Å². The van der Waals surface area contributed by atoms with Crippen LogP contribution < -0.4 is 0 Å². The van der Waals surface area contributed by atoms with Gasteiger partial charge in [0.2, 0.25) is 0 Å². The van der Waals surface area contributed by atoms with Crippen LogP contribution in [0.15, 0.2) is 0 Å². The highest BCUT2D eigenvalue weighted by Gasteiger charge is 2.14. The van der Waals surface area contributed by atoms with Crippen LogP contribution in [0.25, 0.3) is 0 Å². The normalized spacial score (nSPS) is 11.6. The highest BCUT2D eigenvalue weighted by molar-refractivity contribution is 5.69. The molecule has 0 atom stereocenters. The smallest absolute Gasteiger partial charge is 0.306 e. The van der Waals surface area contributed by atoms with Crippen LogP contribution in [0, 0.1) is 0 Å². The van der Waals surface area contributed by atoms with Gasteiger partial charge in [-0.15, -0.1) is 0 Å². The first-order valence-electron chi connectivity index (χ1n) is 22.8. The summed E-state index contributed by atoms with van der Waals surface area (Å²) in [5.41, 5.74) is 0. The van der Waals surface area contributed by atoms with Gasteiger partial charge in [0.15, 0.2) is 0 Å². The van der Waals surface area contributed by atoms with Crippen LogP contribution in [0.4, 0.5) is 0 Å². The van der Waals surface area contributed by atoms with Crippen molar-refractivity contribution in [3.63, 3.8) is 0 Å². The van der Waals surface area contributed by atoms with Crippen molar-refractivity contribution < 1.29 is 24.2 Å². The van der Waals surface area contributed by atoms with Gasteiger partial charge in [-0.05, 0) is 77.3 Å². The summed E-state index contributed by atoms with van der Waals surface area (Å²) in [5.74, 6) is -0.00628. The second-order valence-corrected chi connectivity index (χ2v) is 15.5. The van der Waals surface area contributed by atoms with Crippen LogP contribution in [0.3, 0.4) is 0 Å². The second kappa shape index (κ2) is 41.6. The summed E-state index contributed by atoms with van der Waals surface area (Å²) in [6.07, 6.45) is 39.4. The molecule has 0 aliphatic rings. The molecule has 0 aliphatic carbocycles. The Balaban J connectivity index is 4.02. The fourth-order valence-electron chi connectivity index (χ4n) is 7.03. The molecule has 6 heteroatoms. The van der Waals surface area contributed by atoms with E-state index in [2.05, 4.69) is 25.7 Å². The SMILES string of the molecule is CCCCCCCCCOC(=O)CCCCCCCN(CCCO)CCCCCCCC(=O)OC(CCCCCCCC)CCCCCCCC. The minimum atomic E-state index is -0.0256. The third kappa shape index (κ3) is 38.4. The minimum Gasteiger partial charge on any atom is -0.466 e. The standard InChI is InChI=1S/C45H89NO5/c1-4-7-10-13-16-25-32-42-50-44(48)36-28-21-17-23-30-38-46(40-33-41-47)39-31-24-18-22-29-37-45(49)51-43(34-26-19-14-11-8-5-2)35-27-20-15-12-9-6-3/h43,47H,4-42H2,1-3H3. The van der Waals surface area contributed by atoms with E-state index in [1.165, 1.54) is 154 Å². The van der Waals surface area contributed by atoms with Crippen LogP contribution in [0.5, 0.6) is 0 Å². The lowest BCUT2D eigenvalue weighted by molar-refractivity contribution is -0.150. The third-order valence-electron chi connectivity index (χ3n) is 10.4. The Kier molecular flexibility index (Phi) is 40.7. The van der Waals surface area contributed by atoms with Crippen molar-refractivity contribution in [2.24, 2.45) is 0 Å². The van der Waals surface area contributed by atoms with E-state index in [-0.39, 0.29) is 24.6 Å². The lowest BCUT2D eigenvalue weighted by atomic mass is 10.0. The highest BCUT2D eigenvalue weighted by atomic mass is 16.5. The van der Waals surface area contributed by atoms with Gasteiger partial charge in [0.05, 0.1) is 6.61 Å². The number of carbonyl (C=O) groups is 2. The van der Waals surface area contributed by atoms with Crippen molar-refractivity contribution in [2.75, 3.05) is 32.8 Å². The quantitative estimate of drug-likeness (QED) is 0.0499. The van der Waals surface area contributed by atoms with E-state index in [0.29, 0.717) is 19.4 Å². The number of hydrogen-bond donors (Lipinski definition) is 1. The fraction of sp³-hybridized carbons (Fsp3) is 0.956. The lowest BCUT2D eigenvalue weighted by Crippen LogP contribution is -2.27. The van der Waals surface area contributed by atoms with Crippen molar-refractivity contribution >= 4 is 11.9 Å². The molecule has 0 aromatic heterocycles. The molecule has 0 aliphatic heterocycles. The highest BCUT2D eigenvalue weighted by Crippen LogP contribution is 2.18. The Labute approximate surface area is 318 Å². The fourth-order valence-corrected chi connectivity index (χ4v) is 7.03. The number of unbranched alkanes of at least 4 members (excludes halogenated alkanes) is 24. The summed E-state index contributed by atoms with van der Waals surface area (Å²) in [4.78, 5) is 27.2. The Morgan fingerprint density at radius 1 is 0.451 bits per heavy atom. The van der Waals surface area contributed by atoms with Gasteiger partial charge < -0.3 is 19.5 Å². The monoisotopic (exact) mass is 724 g/mol. The summed E-state index contributed by atoms with van der Waals surface area (Å²) >= 11 is 0. The number of nitrogens with zero attached hydrogens (tertiary/aromatic N) is 1. The summed E-state index contributed by atoms with van der Waals surface area (Å²) in [5, 5.41) is 9.38. The van der Waals surface area contributed by atoms with Crippen molar-refractivity contribution in [1.29, 1.82) is 0 Å². The third-order valence-corrected chi connectivity index (χ3v) is 10.4. The molecule has 0 aromatic carbocycles. The van der Waals surface area contributed by atoms with E-state index in [1.54, 1.807) is 0 Å². The molecule has 0 aromatic rings. The minimum absolute atomic E-state index is 0.0193. The van der Waals surface area contributed by atoms with Gasteiger partial charge >= 0.3 is 11.9 Å². The molecule has 0 unspecified atom stereocenters. The van der Waals surface area contributed by atoms with E-state index >= 15 is 0 Å². The molecule has 1 N–H and O–H groups in total. The van der Waals surface area contributed by atoms with Crippen LogP contribution in [-0.4, -0.2) is 60.9 Å². The Hall–Kier alpha value is -1.14. The number of hydrogen-bond acceptors (Lipinski definition) is 6. The van der Waals surface area contributed by atoms with Crippen LogP contribution >= 0.6 is 0 Å². The average molecular weight is 724 g/mol. The molecule has 0 radical (unpaired) electrons. The first-order valence-corrected chi connectivity index (χ1v) is 22.8. The number of rotatable bonds is 42. The number of aliphatic hydroxyl groups excluding tert-OH is 1. The van der Waals surface area contributed by atoms with Gasteiger partial charge in [-0.2, -0.15) is 0 Å². The van der Waals surface area contributed by atoms with Gasteiger partial charge in [0.1, 0.15) is 6.10 Å². The summed E-state index contributed by atoms with van der Waals surface area (Å²) in [6.45, 7) is 10.7. The maximum absolute atomic E-state index is 12.7. The van der Waals surface area contributed by atoms with Gasteiger partial charge in [0.25, 0.3) is 0 Å². The van der Waals surface area contributed by atoms with Crippen LogP contribution in [0.1, 0.15) is 239 Å². The maximum atomic E-state index is 12.7. The Morgan fingerprint density at radius 2 is 0.824 bits per heavy atom. The van der Waals surface area contributed by atoms with Crippen molar-refractivity contribution in [3.8, 4) is 0 Å². The van der Waals surface area contributed by atoms with E-state index in [1.807, 2.05) is 0 Å². The van der Waals surface area contributed by atoms with E-state index in [9.17, 15) is 14.7 Å². The molecule has 0 spiro atoms.